The number of aromatic nitrogens is 3. The monoisotopic (exact) mass is 334 g/mol. The van der Waals surface area contributed by atoms with Crippen molar-refractivity contribution in [1.29, 1.82) is 0 Å². The second kappa shape index (κ2) is 7.06. The first-order valence-corrected chi connectivity index (χ1v) is 7.90. The van der Waals surface area contributed by atoms with Crippen LogP contribution < -0.4 is 5.32 Å². The quantitative estimate of drug-likeness (QED) is 0.702. The first kappa shape index (κ1) is 17.4. The summed E-state index contributed by atoms with van der Waals surface area (Å²) in [6, 6.07) is 9.50. The van der Waals surface area contributed by atoms with Gasteiger partial charge in [0, 0.05) is 25.9 Å². The molecule has 1 heterocycles. The summed E-state index contributed by atoms with van der Waals surface area (Å²) in [7, 11) is 1.82. The van der Waals surface area contributed by atoms with Crippen molar-refractivity contribution in [2.45, 2.75) is 31.8 Å². The Morgan fingerprint density at radius 2 is 2.13 bits per heavy atom. The van der Waals surface area contributed by atoms with Gasteiger partial charge in [-0.2, -0.15) is 5.10 Å². The average molecular weight is 334 g/mol. The van der Waals surface area contributed by atoms with Gasteiger partial charge in [-0.25, -0.2) is 0 Å². The number of rotatable bonds is 6. The number of H-pyrrole nitrogens is 1. The predicted octanol–water partition coefficient (Wildman–Crippen LogP) is 1.69. The van der Waals surface area contributed by atoms with Gasteiger partial charge in [-0.1, -0.05) is 37.3 Å². The topological polar surface area (TPSA) is 82.9 Å². The minimum Gasteiger partial charge on any atom is -0.380 e. The Morgan fingerprint density at radius 1 is 1.48 bits per heavy atom. The number of aliphatic hydroxyl groups is 1. The molecule has 124 valence electrons. The van der Waals surface area contributed by atoms with E-state index in [2.05, 4.69) is 15.5 Å². The van der Waals surface area contributed by atoms with Crippen molar-refractivity contribution in [3.05, 3.63) is 46.5 Å². The van der Waals surface area contributed by atoms with Crippen molar-refractivity contribution in [2.24, 2.45) is 7.05 Å². The smallest absolute Gasteiger partial charge is 0.252 e. The predicted molar refractivity (Wildman–Crippen MR) is 90.6 cm³/mol. The van der Waals surface area contributed by atoms with Gasteiger partial charge in [0.05, 0.1) is 0 Å². The zero-order valence-corrected chi connectivity index (χ0v) is 14.4. The van der Waals surface area contributed by atoms with E-state index in [4.69, 9.17) is 12.2 Å². The van der Waals surface area contributed by atoms with Gasteiger partial charge in [-0.15, -0.1) is 0 Å². The third kappa shape index (κ3) is 3.86. The second-order valence-corrected chi connectivity index (χ2v) is 6.18. The van der Waals surface area contributed by atoms with E-state index in [0.717, 1.165) is 11.4 Å². The minimum absolute atomic E-state index is 0.315. The van der Waals surface area contributed by atoms with E-state index in [9.17, 15) is 9.90 Å². The zero-order chi connectivity index (χ0) is 17.0. The molecule has 3 N–H and O–H groups in total. The van der Waals surface area contributed by atoms with Gasteiger partial charge in [0.25, 0.3) is 5.91 Å². The molecule has 23 heavy (non-hydrogen) atoms. The molecule has 1 amide bonds. The molecule has 0 aliphatic heterocycles. The normalized spacial score (nSPS) is 15.0. The highest BCUT2D eigenvalue weighted by atomic mass is 32.1. The Morgan fingerprint density at radius 3 is 2.70 bits per heavy atom. The molecule has 0 bridgehead atoms. The van der Waals surface area contributed by atoms with Gasteiger partial charge in [0.1, 0.15) is 11.4 Å². The first-order valence-electron chi connectivity index (χ1n) is 7.50. The summed E-state index contributed by atoms with van der Waals surface area (Å²) in [5.41, 5.74) is -0.569. The molecule has 0 saturated carbocycles. The maximum Gasteiger partial charge on any atom is 0.252 e. The number of nitrogens with one attached hydrogen (secondary N) is 2. The highest BCUT2D eigenvalue weighted by molar-refractivity contribution is 7.71. The summed E-state index contributed by atoms with van der Waals surface area (Å²) in [5.74, 6) is 0.0427. The number of benzene rings is 1. The highest BCUT2D eigenvalue weighted by Crippen LogP contribution is 2.27. The fourth-order valence-electron chi connectivity index (χ4n) is 2.33. The van der Waals surface area contributed by atoms with Crippen molar-refractivity contribution in [1.82, 2.24) is 20.1 Å². The van der Waals surface area contributed by atoms with Crippen LogP contribution >= 0.6 is 12.2 Å². The van der Waals surface area contributed by atoms with Crippen LogP contribution in [-0.2, 0) is 18.3 Å². The number of carbonyl (C=O) groups excluding carboxylic acids is 1. The van der Waals surface area contributed by atoms with Crippen LogP contribution in [0.5, 0.6) is 0 Å². The number of amides is 1. The van der Waals surface area contributed by atoms with Crippen molar-refractivity contribution >= 4 is 18.1 Å². The number of aromatic amines is 1. The largest absolute Gasteiger partial charge is 0.380 e. The Balaban J connectivity index is 1.96. The molecule has 6 nitrogen and oxygen atoms in total. The Bertz CT molecular complexity index is 721. The summed E-state index contributed by atoms with van der Waals surface area (Å²) >= 11 is 5.04. The van der Waals surface area contributed by atoms with Gasteiger partial charge in [-0.3, -0.25) is 9.89 Å². The number of hydrogen-bond donors (Lipinski definition) is 3. The van der Waals surface area contributed by atoms with E-state index in [1.54, 1.807) is 4.57 Å². The standard InChI is InChI=1S/C16H22N4O2S/c1-11(12-7-5-4-6-8-12)16(2,22)14(21)17-10-9-13-18-19-15(23)20(13)3/h4-8,11,22H,9-10H2,1-3H3,(H,17,21)(H,19,23). The Kier molecular flexibility index (Phi) is 5.33. The lowest BCUT2D eigenvalue weighted by atomic mass is 9.84. The van der Waals surface area contributed by atoms with Crippen LogP contribution in [0.4, 0.5) is 0 Å². The third-order valence-electron chi connectivity index (χ3n) is 4.21. The summed E-state index contributed by atoms with van der Waals surface area (Å²) in [5, 5.41) is 20.2. The summed E-state index contributed by atoms with van der Waals surface area (Å²) < 4.78 is 2.29. The fourth-order valence-corrected chi connectivity index (χ4v) is 2.48. The molecule has 1 aromatic carbocycles. The highest BCUT2D eigenvalue weighted by Gasteiger charge is 2.37. The number of hydrogen-bond acceptors (Lipinski definition) is 4. The average Bonchev–Trinajstić information content (AvgIpc) is 2.86. The van der Waals surface area contributed by atoms with Crippen molar-refractivity contribution < 1.29 is 9.90 Å². The van der Waals surface area contributed by atoms with E-state index in [1.165, 1.54) is 6.92 Å². The molecule has 0 radical (unpaired) electrons. The van der Waals surface area contributed by atoms with E-state index in [0.29, 0.717) is 17.7 Å². The minimum atomic E-state index is -1.49. The molecular formula is C16H22N4O2S. The summed E-state index contributed by atoms with van der Waals surface area (Å²) in [4.78, 5) is 12.3. The molecule has 2 atom stereocenters. The molecule has 2 rings (SSSR count). The molecular weight excluding hydrogens is 312 g/mol. The Hall–Kier alpha value is -1.99. The zero-order valence-electron chi connectivity index (χ0n) is 13.5. The summed E-state index contributed by atoms with van der Waals surface area (Å²) in [6.07, 6.45) is 0.533. The molecule has 2 aromatic rings. The van der Waals surface area contributed by atoms with Gasteiger partial charge in [-0.05, 0) is 24.7 Å². The molecule has 0 saturated heterocycles. The molecule has 0 spiro atoms. The van der Waals surface area contributed by atoms with Gasteiger partial charge < -0.3 is 15.0 Å². The molecule has 7 heteroatoms. The van der Waals surface area contributed by atoms with E-state index in [1.807, 2.05) is 44.3 Å². The van der Waals surface area contributed by atoms with Crippen molar-refractivity contribution in [3.8, 4) is 0 Å². The van der Waals surface area contributed by atoms with Crippen LogP contribution in [0.3, 0.4) is 0 Å². The lowest BCUT2D eigenvalue weighted by Crippen LogP contribution is -2.48. The fraction of sp³-hybridized carbons (Fsp3) is 0.438. The number of carbonyl (C=O) groups is 1. The molecule has 0 aliphatic rings. The van der Waals surface area contributed by atoms with Gasteiger partial charge in [0.2, 0.25) is 0 Å². The van der Waals surface area contributed by atoms with Gasteiger partial charge >= 0.3 is 0 Å². The van der Waals surface area contributed by atoms with Crippen LogP contribution in [0.25, 0.3) is 0 Å². The van der Waals surface area contributed by atoms with Gasteiger partial charge in [0.15, 0.2) is 4.77 Å². The lowest BCUT2D eigenvalue weighted by molar-refractivity contribution is -0.139. The Labute approximate surface area is 140 Å². The SMILES string of the molecule is CC(c1ccccc1)C(C)(O)C(=O)NCCc1n[nH]c(=S)n1C. The van der Waals surface area contributed by atoms with E-state index in [-0.39, 0.29) is 5.92 Å². The van der Waals surface area contributed by atoms with Crippen LogP contribution in [-0.4, -0.2) is 37.9 Å². The molecule has 0 fully saturated rings. The molecule has 0 aliphatic carbocycles. The summed E-state index contributed by atoms with van der Waals surface area (Å²) in [6.45, 7) is 3.76. The molecule has 2 unspecified atom stereocenters. The van der Waals surface area contributed by atoms with E-state index >= 15 is 0 Å². The number of nitrogens with zero attached hydrogens (tertiary/aromatic N) is 2. The first-order chi connectivity index (χ1) is 10.8. The maximum atomic E-state index is 12.3. The third-order valence-corrected chi connectivity index (χ3v) is 4.57. The van der Waals surface area contributed by atoms with Crippen molar-refractivity contribution in [3.63, 3.8) is 0 Å². The van der Waals surface area contributed by atoms with Crippen molar-refractivity contribution in [2.75, 3.05) is 6.54 Å². The van der Waals surface area contributed by atoms with Crippen LogP contribution in [0.1, 0.15) is 31.2 Å². The van der Waals surface area contributed by atoms with Crippen LogP contribution in [0, 0.1) is 4.77 Å². The maximum absolute atomic E-state index is 12.3. The van der Waals surface area contributed by atoms with Crippen LogP contribution in [0.2, 0.25) is 0 Å². The molecule has 1 aromatic heterocycles. The van der Waals surface area contributed by atoms with Crippen LogP contribution in [0.15, 0.2) is 30.3 Å². The second-order valence-electron chi connectivity index (χ2n) is 5.79. The van der Waals surface area contributed by atoms with E-state index < -0.39 is 11.5 Å². The lowest BCUT2D eigenvalue weighted by Gasteiger charge is -2.29.